The molecule has 0 saturated heterocycles. The Morgan fingerprint density at radius 3 is 2.71 bits per heavy atom. The molecule has 0 spiro atoms. The first-order valence-electron chi connectivity index (χ1n) is 7.93. The SMILES string of the molecule is Cc1ccc(C(O)CCC2CC3C(=O)CC3C2O)c(C)c1. The molecule has 3 rings (SSSR count). The second-order valence-corrected chi connectivity index (χ2v) is 6.88. The minimum atomic E-state index is -0.480. The first-order chi connectivity index (χ1) is 9.97. The molecule has 2 aliphatic rings. The van der Waals surface area contributed by atoms with E-state index in [1.54, 1.807) is 0 Å². The monoisotopic (exact) mass is 288 g/mol. The van der Waals surface area contributed by atoms with Gasteiger partial charge in [0.25, 0.3) is 0 Å². The predicted octanol–water partition coefficient (Wildman–Crippen LogP) is 2.70. The van der Waals surface area contributed by atoms with Crippen LogP contribution in [0.4, 0.5) is 0 Å². The fraction of sp³-hybridized carbons (Fsp3) is 0.611. The number of fused-ring (bicyclic) bond motifs is 1. The maximum absolute atomic E-state index is 11.5. The van der Waals surface area contributed by atoms with Crippen LogP contribution in [0.3, 0.4) is 0 Å². The summed E-state index contributed by atoms with van der Waals surface area (Å²) in [5.74, 6) is 0.785. The van der Waals surface area contributed by atoms with Gasteiger partial charge < -0.3 is 10.2 Å². The molecule has 3 heteroatoms. The Morgan fingerprint density at radius 2 is 2.10 bits per heavy atom. The standard InChI is InChI=1S/C18H24O3/c1-10-3-5-13(11(2)7-10)16(19)6-4-12-8-14-15(18(12)21)9-17(14)20/h3,5,7,12,14-16,18-19,21H,4,6,8-9H2,1-2H3. The van der Waals surface area contributed by atoms with Gasteiger partial charge in [-0.05, 0) is 50.2 Å². The van der Waals surface area contributed by atoms with Crippen LogP contribution >= 0.6 is 0 Å². The summed E-state index contributed by atoms with van der Waals surface area (Å²) in [6.07, 6.45) is 1.98. The average molecular weight is 288 g/mol. The molecule has 5 unspecified atom stereocenters. The number of rotatable bonds is 4. The lowest BCUT2D eigenvalue weighted by Crippen LogP contribution is -2.38. The van der Waals surface area contributed by atoms with Crippen LogP contribution in [0.25, 0.3) is 0 Å². The number of hydrogen-bond donors (Lipinski definition) is 2. The number of Topliss-reactive ketones (excluding diaryl/α,β-unsaturated/α-hetero) is 1. The summed E-state index contributed by atoms with van der Waals surface area (Å²) in [6.45, 7) is 4.07. The highest BCUT2D eigenvalue weighted by atomic mass is 16.3. The summed E-state index contributed by atoms with van der Waals surface area (Å²) in [5, 5.41) is 20.6. The highest BCUT2D eigenvalue weighted by Crippen LogP contribution is 2.49. The molecule has 1 aromatic carbocycles. The van der Waals surface area contributed by atoms with Gasteiger partial charge in [-0.1, -0.05) is 23.8 Å². The molecule has 0 radical (unpaired) electrons. The molecule has 2 aliphatic carbocycles. The average Bonchev–Trinajstić information content (AvgIpc) is 2.68. The van der Waals surface area contributed by atoms with Crippen molar-refractivity contribution in [3.05, 3.63) is 34.9 Å². The van der Waals surface area contributed by atoms with Crippen LogP contribution in [0.2, 0.25) is 0 Å². The minimum absolute atomic E-state index is 0.100. The second-order valence-electron chi connectivity index (χ2n) is 6.88. The Hall–Kier alpha value is -1.19. The topological polar surface area (TPSA) is 57.5 Å². The first kappa shape index (κ1) is 14.7. The van der Waals surface area contributed by atoms with Gasteiger partial charge in [0, 0.05) is 18.3 Å². The molecule has 114 valence electrons. The highest BCUT2D eigenvalue weighted by Gasteiger charge is 2.52. The maximum Gasteiger partial charge on any atom is 0.136 e. The third kappa shape index (κ3) is 2.65. The molecule has 2 saturated carbocycles. The van der Waals surface area contributed by atoms with Gasteiger partial charge in [0.1, 0.15) is 5.78 Å². The molecular weight excluding hydrogens is 264 g/mol. The van der Waals surface area contributed by atoms with E-state index in [1.807, 2.05) is 26.0 Å². The molecule has 0 aliphatic heterocycles. The number of aliphatic hydroxyl groups excluding tert-OH is 2. The summed E-state index contributed by atoms with van der Waals surface area (Å²) in [7, 11) is 0. The Balaban J connectivity index is 1.59. The molecule has 0 amide bonds. The van der Waals surface area contributed by atoms with Crippen LogP contribution in [0.15, 0.2) is 18.2 Å². The smallest absolute Gasteiger partial charge is 0.136 e. The Labute approximate surface area is 126 Å². The van der Waals surface area contributed by atoms with Gasteiger partial charge in [-0.2, -0.15) is 0 Å². The minimum Gasteiger partial charge on any atom is -0.393 e. The van der Waals surface area contributed by atoms with Crippen LogP contribution in [0.5, 0.6) is 0 Å². The number of aliphatic hydroxyl groups is 2. The van der Waals surface area contributed by atoms with Gasteiger partial charge in [0.2, 0.25) is 0 Å². The van der Waals surface area contributed by atoms with E-state index in [2.05, 4.69) is 6.07 Å². The van der Waals surface area contributed by atoms with Crippen molar-refractivity contribution >= 4 is 5.78 Å². The fourth-order valence-electron chi connectivity index (χ4n) is 4.10. The van der Waals surface area contributed by atoms with E-state index in [4.69, 9.17) is 0 Å². The molecular formula is C18H24O3. The molecule has 3 nitrogen and oxygen atoms in total. The Bertz CT molecular complexity index is 551. The van der Waals surface area contributed by atoms with Gasteiger partial charge in [0.05, 0.1) is 12.2 Å². The summed E-state index contributed by atoms with van der Waals surface area (Å²) in [4.78, 5) is 11.5. The summed E-state index contributed by atoms with van der Waals surface area (Å²) >= 11 is 0. The van der Waals surface area contributed by atoms with Crippen molar-refractivity contribution in [3.8, 4) is 0 Å². The predicted molar refractivity (Wildman–Crippen MR) is 80.8 cm³/mol. The third-order valence-corrected chi connectivity index (χ3v) is 5.44. The molecule has 1 aromatic rings. The van der Waals surface area contributed by atoms with Gasteiger partial charge in [-0.15, -0.1) is 0 Å². The maximum atomic E-state index is 11.5. The lowest BCUT2D eigenvalue weighted by molar-refractivity contribution is -0.135. The van der Waals surface area contributed by atoms with Crippen LogP contribution in [-0.2, 0) is 4.79 Å². The van der Waals surface area contributed by atoms with Crippen molar-refractivity contribution in [1.29, 1.82) is 0 Å². The van der Waals surface area contributed by atoms with E-state index in [1.165, 1.54) is 5.56 Å². The first-order valence-corrected chi connectivity index (χ1v) is 7.93. The molecule has 0 heterocycles. The van der Waals surface area contributed by atoms with Crippen molar-refractivity contribution in [2.24, 2.45) is 17.8 Å². The summed E-state index contributed by atoms with van der Waals surface area (Å²) in [5.41, 5.74) is 3.29. The zero-order valence-corrected chi connectivity index (χ0v) is 12.7. The van der Waals surface area contributed by atoms with E-state index in [0.29, 0.717) is 18.6 Å². The van der Waals surface area contributed by atoms with E-state index in [9.17, 15) is 15.0 Å². The van der Waals surface area contributed by atoms with Gasteiger partial charge in [-0.25, -0.2) is 0 Å². The normalized spacial score (nSPS) is 32.7. The van der Waals surface area contributed by atoms with Crippen molar-refractivity contribution in [2.45, 2.75) is 51.7 Å². The Morgan fingerprint density at radius 1 is 1.33 bits per heavy atom. The van der Waals surface area contributed by atoms with Gasteiger partial charge in [-0.3, -0.25) is 4.79 Å². The van der Waals surface area contributed by atoms with Crippen LogP contribution in [0, 0.1) is 31.6 Å². The highest BCUT2D eigenvalue weighted by molar-refractivity contribution is 5.88. The number of carbonyl (C=O) groups is 1. The largest absolute Gasteiger partial charge is 0.393 e. The molecule has 0 bridgehead atoms. The number of hydrogen-bond acceptors (Lipinski definition) is 3. The van der Waals surface area contributed by atoms with Crippen LogP contribution < -0.4 is 0 Å². The molecule has 2 fully saturated rings. The van der Waals surface area contributed by atoms with E-state index in [0.717, 1.165) is 24.0 Å². The third-order valence-electron chi connectivity index (χ3n) is 5.44. The Kier molecular flexibility index (Phi) is 3.89. The number of aryl methyl sites for hydroxylation is 2. The zero-order valence-electron chi connectivity index (χ0n) is 12.7. The van der Waals surface area contributed by atoms with E-state index >= 15 is 0 Å². The fourth-order valence-corrected chi connectivity index (χ4v) is 4.10. The summed E-state index contributed by atoms with van der Waals surface area (Å²) < 4.78 is 0. The quantitative estimate of drug-likeness (QED) is 0.895. The summed E-state index contributed by atoms with van der Waals surface area (Å²) in [6, 6.07) is 6.10. The van der Waals surface area contributed by atoms with Gasteiger partial charge in [0.15, 0.2) is 0 Å². The molecule has 21 heavy (non-hydrogen) atoms. The van der Waals surface area contributed by atoms with E-state index in [-0.39, 0.29) is 23.9 Å². The zero-order chi connectivity index (χ0) is 15.1. The van der Waals surface area contributed by atoms with Crippen LogP contribution in [-0.4, -0.2) is 22.1 Å². The second kappa shape index (κ2) is 5.54. The van der Waals surface area contributed by atoms with Crippen LogP contribution in [0.1, 0.15) is 48.5 Å². The molecule has 5 atom stereocenters. The number of carbonyl (C=O) groups excluding carboxylic acids is 1. The van der Waals surface area contributed by atoms with Crippen molar-refractivity contribution in [2.75, 3.05) is 0 Å². The van der Waals surface area contributed by atoms with Crippen molar-refractivity contribution in [3.63, 3.8) is 0 Å². The molecule has 2 N–H and O–H groups in total. The van der Waals surface area contributed by atoms with E-state index < -0.39 is 6.10 Å². The van der Waals surface area contributed by atoms with Crippen molar-refractivity contribution in [1.82, 2.24) is 0 Å². The van der Waals surface area contributed by atoms with Crippen molar-refractivity contribution < 1.29 is 15.0 Å². The van der Waals surface area contributed by atoms with Gasteiger partial charge >= 0.3 is 0 Å². The lowest BCUT2D eigenvalue weighted by Gasteiger charge is -2.30. The molecule has 0 aromatic heterocycles. The number of ketones is 1. The lowest BCUT2D eigenvalue weighted by atomic mass is 9.74. The number of benzene rings is 1.